The van der Waals surface area contributed by atoms with Crippen LogP contribution < -0.4 is 5.32 Å². The second kappa shape index (κ2) is 9.94. The van der Waals surface area contributed by atoms with Gasteiger partial charge in [-0.3, -0.25) is 0 Å². The third kappa shape index (κ3) is 4.71. The third-order valence-electron chi connectivity index (χ3n) is 6.53. The molecule has 5 rings (SSSR count). The number of esters is 1. The van der Waals surface area contributed by atoms with Crippen molar-refractivity contribution in [3.63, 3.8) is 0 Å². The van der Waals surface area contributed by atoms with Crippen molar-refractivity contribution in [3.8, 4) is 11.3 Å². The molecule has 2 heterocycles. The van der Waals surface area contributed by atoms with Gasteiger partial charge in [-0.15, -0.1) is 0 Å². The number of aromatic nitrogens is 2. The standard InChI is InChI=1S/C30H29N3O2/c1-21-27(32-28(30(34)35-2)17-24-19-31-26-16-10-9-15-25(24)26)18-29(23-13-7-4-8-14-23)33(21)20-22-11-5-3-6-12-22/h3-16,18-19,28,31-32H,17,20H2,1-2H3/t28-/m0/s1. The molecule has 5 aromatic rings. The van der Waals surface area contributed by atoms with Crippen molar-refractivity contribution in [2.75, 3.05) is 12.4 Å². The van der Waals surface area contributed by atoms with E-state index < -0.39 is 6.04 Å². The van der Waals surface area contributed by atoms with E-state index >= 15 is 0 Å². The fraction of sp³-hybridized carbons (Fsp3) is 0.167. The van der Waals surface area contributed by atoms with Crippen LogP contribution in [0.2, 0.25) is 0 Å². The van der Waals surface area contributed by atoms with E-state index in [9.17, 15) is 4.79 Å². The molecule has 0 amide bonds. The maximum absolute atomic E-state index is 12.8. The Morgan fingerprint density at radius 1 is 0.971 bits per heavy atom. The van der Waals surface area contributed by atoms with Crippen molar-refractivity contribution in [3.05, 3.63) is 114 Å². The maximum Gasteiger partial charge on any atom is 0.328 e. The first-order valence-electron chi connectivity index (χ1n) is 11.8. The van der Waals surface area contributed by atoms with Crippen molar-refractivity contribution in [2.45, 2.75) is 25.9 Å². The largest absolute Gasteiger partial charge is 0.467 e. The summed E-state index contributed by atoms with van der Waals surface area (Å²) in [5.41, 5.74) is 7.58. The molecule has 2 aromatic heterocycles. The molecule has 0 fully saturated rings. The Hall–Kier alpha value is -4.25. The van der Waals surface area contributed by atoms with Gasteiger partial charge in [0.25, 0.3) is 0 Å². The monoisotopic (exact) mass is 463 g/mol. The van der Waals surface area contributed by atoms with Crippen molar-refractivity contribution in [2.24, 2.45) is 0 Å². The lowest BCUT2D eigenvalue weighted by molar-refractivity contribution is -0.141. The molecule has 5 nitrogen and oxygen atoms in total. The number of anilines is 1. The second-order valence-corrected chi connectivity index (χ2v) is 8.75. The van der Waals surface area contributed by atoms with Gasteiger partial charge in [-0.05, 0) is 35.7 Å². The van der Waals surface area contributed by atoms with Crippen molar-refractivity contribution in [1.82, 2.24) is 9.55 Å². The molecule has 35 heavy (non-hydrogen) atoms. The van der Waals surface area contributed by atoms with Crippen molar-refractivity contribution in [1.29, 1.82) is 0 Å². The molecule has 0 unspecified atom stereocenters. The van der Waals surface area contributed by atoms with E-state index in [1.165, 1.54) is 12.7 Å². The first-order chi connectivity index (χ1) is 17.1. The minimum atomic E-state index is -0.519. The molecule has 0 spiro atoms. The summed E-state index contributed by atoms with van der Waals surface area (Å²) in [4.78, 5) is 16.1. The van der Waals surface area contributed by atoms with Gasteiger partial charge in [0.05, 0.1) is 18.5 Å². The summed E-state index contributed by atoms with van der Waals surface area (Å²) in [6.07, 6.45) is 2.49. The molecule has 3 aromatic carbocycles. The first kappa shape index (κ1) is 22.5. The van der Waals surface area contributed by atoms with Crippen LogP contribution in [0.5, 0.6) is 0 Å². The minimum absolute atomic E-state index is 0.285. The Morgan fingerprint density at radius 3 is 2.40 bits per heavy atom. The van der Waals surface area contributed by atoms with E-state index in [4.69, 9.17) is 4.74 Å². The van der Waals surface area contributed by atoms with Gasteiger partial charge in [-0.1, -0.05) is 78.9 Å². The predicted octanol–water partition coefficient (Wildman–Crippen LogP) is 6.19. The van der Waals surface area contributed by atoms with Crippen LogP contribution in [0.25, 0.3) is 22.2 Å². The number of rotatable bonds is 8. The van der Waals surface area contributed by atoms with Crippen LogP contribution in [-0.2, 0) is 22.5 Å². The van der Waals surface area contributed by atoms with Crippen LogP contribution in [0.3, 0.4) is 0 Å². The Bertz CT molecular complexity index is 1430. The lowest BCUT2D eigenvalue weighted by atomic mass is 10.0. The molecule has 0 aliphatic heterocycles. The summed E-state index contributed by atoms with van der Waals surface area (Å²) in [7, 11) is 1.44. The molecule has 2 N–H and O–H groups in total. The van der Waals surface area contributed by atoms with Gasteiger partial charge >= 0.3 is 5.97 Å². The number of ether oxygens (including phenoxy) is 1. The summed E-state index contributed by atoms with van der Waals surface area (Å²) in [6.45, 7) is 2.83. The number of nitrogens with zero attached hydrogens (tertiary/aromatic N) is 1. The van der Waals surface area contributed by atoms with Crippen LogP contribution >= 0.6 is 0 Å². The van der Waals surface area contributed by atoms with Gasteiger partial charge in [0.15, 0.2) is 0 Å². The highest BCUT2D eigenvalue weighted by atomic mass is 16.5. The van der Waals surface area contributed by atoms with Gasteiger partial charge in [0, 0.05) is 35.8 Å². The number of hydrogen-bond acceptors (Lipinski definition) is 3. The fourth-order valence-corrected chi connectivity index (χ4v) is 4.65. The highest BCUT2D eigenvalue weighted by molar-refractivity contribution is 5.86. The Labute approximate surface area is 205 Å². The van der Waals surface area contributed by atoms with Gasteiger partial charge in [0.1, 0.15) is 6.04 Å². The molecule has 0 saturated carbocycles. The highest BCUT2D eigenvalue weighted by Gasteiger charge is 2.24. The van der Waals surface area contributed by atoms with E-state index in [2.05, 4.69) is 70.3 Å². The molecular weight excluding hydrogens is 434 g/mol. The molecule has 0 radical (unpaired) electrons. The number of hydrogen-bond donors (Lipinski definition) is 2. The molecule has 0 aliphatic rings. The minimum Gasteiger partial charge on any atom is -0.467 e. The van der Waals surface area contributed by atoms with Gasteiger partial charge < -0.3 is 19.6 Å². The molecule has 176 valence electrons. The van der Waals surface area contributed by atoms with Gasteiger partial charge in [0.2, 0.25) is 0 Å². The molecule has 0 aliphatic carbocycles. The lowest BCUT2D eigenvalue weighted by Crippen LogP contribution is -2.33. The van der Waals surface area contributed by atoms with E-state index in [1.807, 2.05) is 48.7 Å². The summed E-state index contributed by atoms with van der Waals surface area (Å²) < 4.78 is 7.48. The Morgan fingerprint density at radius 2 is 1.66 bits per heavy atom. The maximum atomic E-state index is 12.8. The normalized spacial score (nSPS) is 11.9. The number of para-hydroxylation sites is 1. The number of carbonyl (C=O) groups is 1. The zero-order valence-corrected chi connectivity index (χ0v) is 20.0. The quantitative estimate of drug-likeness (QED) is 0.270. The molecular formula is C30H29N3O2. The number of H-pyrrole nitrogens is 1. The number of benzene rings is 3. The summed E-state index contributed by atoms with van der Waals surface area (Å²) in [6, 6.07) is 30.5. The van der Waals surface area contributed by atoms with E-state index in [-0.39, 0.29) is 5.97 Å². The molecule has 0 saturated heterocycles. The molecule has 0 bridgehead atoms. The Balaban J connectivity index is 1.51. The van der Waals surface area contributed by atoms with Crippen molar-refractivity contribution >= 4 is 22.6 Å². The summed E-state index contributed by atoms with van der Waals surface area (Å²) in [5.74, 6) is -0.285. The smallest absolute Gasteiger partial charge is 0.328 e. The average Bonchev–Trinajstić information content (AvgIpc) is 3.45. The van der Waals surface area contributed by atoms with Crippen LogP contribution in [0.4, 0.5) is 5.69 Å². The fourth-order valence-electron chi connectivity index (χ4n) is 4.65. The second-order valence-electron chi connectivity index (χ2n) is 8.75. The third-order valence-corrected chi connectivity index (χ3v) is 6.53. The zero-order valence-electron chi connectivity index (χ0n) is 20.0. The number of aromatic amines is 1. The van der Waals surface area contributed by atoms with Crippen molar-refractivity contribution < 1.29 is 9.53 Å². The molecule has 5 heteroatoms. The van der Waals surface area contributed by atoms with E-state index in [0.717, 1.165) is 45.6 Å². The topological polar surface area (TPSA) is 59.1 Å². The number of carbonyl (C=O) groups excluding carboxylic acids is 1. The number of fused-ring (bicyclic) bond motifs is 1. The predicted molar refractivity (Wildman–Crippen MR) is 142 cm³/mol. The summed E-state index contributed by atoms with van der Waals surface area (Å²) in [5, 5.41) is 4.63. The average molecular weight is 464 g/mol. The van der Waals surface area contributed by atoms with Crippen LogP contribution in [0.1, 0.15) is 16.8 Å². The van der Waals surface area contributed by atoms with Crippen LogP contribution in [-0.4, -0.2) is 28.7 Å². The zero-order chi connectivity index (χ0) is 24.2. The SMILES string of the molecule is COC(=O)[C@H](Cc1c[nH]c2ccccc12)Nc1cc(-c2ccccc2)n(Cc2ccccc2)c1C. The highest BCUT2D eigenvalue weighted by Crippen LogP contribution is 2.31. The van der Waals surface area contributed by atoms with E-state index in [1.54, 1.807) is 0 Å². The Kier molecular flexibility index (Phi) is 6.40. The number of nitrogens with one attached hydrogen (secondary N) is 2. The molecule has 1 atom stereocenters. The number of methoxy groups -OCH3 is 1. The van der Waals surface area contributed by atoms with Crippen LogP contribution in [0, 0.1) is 6.92 Å². The van der Waals surface area contributed by atoms with Crippen LogP contribution in [0.15, 0.2) is 97.2 Å². The van der Waals surface area contributed by atoms with Gasteiger partial charge in [-0.25, -0.2) is 4.79 Å². The first-order valence-corrected chi connectivity index (χ1v) is 11.8. The van der Waals surface area contributed by atoms with Gasteiger partial charge in [-0.2, -0.15) is 0 Å². The summed E-state index contributed by atoms with van der Waals surface area (Å²) >= 11 is 0. The van der Waals surface area contributed by atoms with E-state index in [0.29, 0.717) is 6.42 Å². The lowest BCUT2D eigenvalue weighted by Gasteiger charge is -2.18.